The van der Waals surface area contributed by atoms with Crippen molar-refractivity contribution in [2.75, 3.05) is 10.6 Å². The van der Waals surface area contributed by atoms with Gasteiger partial charge in [0.05, 0.1) is 0 Å². The number of aryl methyl sites for hydroxylation is 1. The van der Waals surface area contributed by atoms with Crippen molar-refractivity contribution >= 4 is 23.7 Å². The Kier molecular flexibility index (Phi) is 4.33. The molecule has 24 heavy (non-hydrogen) atoms. The van der Waals surface area contributed by atoms with Crippen molar-refractivity contribution in [3.8, 4) is 0 Å². The molecule has 0 atom stereocenters. The minimum Gasteiger partial charge on any atom is -0.291 e. The summed E-state index contributed by atoms with van der Waals surface area (Å²) in [6.45, 7) is 1.90. The van der Waals surface area contributed by atoms with Crippen LogP contribution in [0.1, 0.15) is 26.3 Å². The van der Waals surface area contributed by atoms with Gasteiger partial charge in [0, 0.05) is 11.1 Å². The summed E-state index contributed by atoms with van der Waals surface area (Å²) in [5, 5.41) is 11.6. The van der Waals surface area contributed by atoms with Crippen molar-refractivity contribution in [3.63, 3.8) is 0 Å². The van der Waals surface area contributed by atoms with Gasteiger partial charge in [0.25, 0.3) is 17.8 Å². The highest BCUT2D eigenvalue weighted by atomic mass is 16.2. The minimum absolute atomic E-state index is 0.0878. The quantitative estimate of drug-likeness (QED) is 0.687. The van der Waals surface area contributed by atoms with Crippen molar-refractivity contribution in [1.82, 2.24) is 15.2 Å². The van der Waals surface area contributed by atoms with E-state index in [4.69, 9.17) is 0 Å². The molecule has 1 heterocycles. The first-order valence-electron chi connectivity index (χ1n) is 7.28. The van der Waals surface area contributed by atoms with Gasteiger partial charge in [-0.3, -0.25) is 20.2 Å². The molecule has 0 aliphatic carbocycles. The van der Waals surface area contributed by atoms with Crippen molar-refractivity contribution in [2.24, 2.45) is 0 Å². The normalized spacial score (nSPS) is 10.2. The molecular weight excluding hydrogens is 306 g/mol. The highest BCUT2D eigenvalue weighted by molar-refractivity contribution is 6.04. The number of nitrogens with one attached hydrogen (secondary N) is 3. The second-order valence-corrected chi connectivity index (χ2v) is 5.15. The monoisotopic (exact) mass is 321 g/mol. The van der Waals surface area contributed by atoms with E-state index in [0.29, 0.717) is 11.1 Å². The van der Waals surface area contributed by atoms with Gasteiger partial charge in [-0.2, -0.15) is 4.98 Å². The number of carbonyl (C=O) groups is 2. The Morgan fingerprint density at radius 2 is 1.62 bits per heavy atom. The minimum atomic E-state index is -0.321. The number of hydrogen-bond acceptors (Lipinski definition) is 4. The molecule has 0 radical (unpaired) electrons. The van der Waals surface area contributed by atoms with Gasteiger partial charge in [0.2, 0.25) is 5.95 Å². The molecule has 2 amide bonds. The molecule has 7 nitrogen and oxygen atoms in total. The van der Waals surface area contributed by atoms with Crippen LogP contribution in [0.3, 0.4) is 0 Å². The number of rotatable bonds is 4. The van der Waals surface area contributed by atoms with E-state index in [0.717, 1.165) is 5.56 Å². The Balaban J connectivity index is 1.65. The first-order valence-corrected chi connectivity index (χ1v) is 7.28. The first kappa shape index (κ1) is 15.4. The fraction of sp³-hybridized carbons (Fsp3) is 0.0588. The van der Waals surface area contributed by atoms with Gasteiger partial charge < -0.3 is 0 Å². The number of aromatic amines is 1. The molecular formula is C17H15N5O2. The summed E-state index contributed by atoms with van der Waals surface area (Å²) in [5.41, 5.74) is 1.99. The predicted octanol–water partition coefficient (Wildman–Crippen LogP) is 2.62. The number of aromatic nitrogens is 3. The van der Waals surface area contributed by atoms with E-state index in [2.05, 4.69) is 25.8 Å². The fourth-order valence-corrected chi connectivity index (χ4v) is 2.10. The van der Waals surface area contributed by atoms with E-state index >= 15 is 0 Å². The van der Waals surface area contributed by atoms with E-state index in [1.165, 1.54) is 0 Å². The van der Waals surface area contributed by atoms with Crippen LogP contribution in [-0.2, 0) is 0 Å². The van der Waals surface area contributed by atoms with E-state index in [9.17, 15) is 9.59 Å². The van der Waals surface area contributed by atoms with Gasteiger partial charge in [-0.1, -0.05) is 35.9 Å². The Morgan fingerprint density at radius 1 is 0.917 bits per heavy atom. The number of amides is 2. The average Bonchev–Trinajstić information content (AvgIpc) is 3.02. The standard InChI is InChI=1S/C17H15N5O2/c1-11-6-5-9-13(10-11)15(24)19-17-20-16(21-22-17)18-14(23)12-7-3-2-4-8-12/h2-10H,1H3,(H3,18,19,20,21,22,23,24). The molecule has 3 N–H and O–H groups in total. The zero-order valence-corrected chi connectivity index (χ0v) is 12.9. The average molecular weight is 321 g/mol. The zero-order valence-electron chi connectivity index (χ0n) is 12.9. The molecule has 7 heteroatoms. The predicted molar refractivity (Wildman–Crippen MR) is 89.9 cm³/mol. The lowest BCUT2D eigenvalue weighted by Crippen LogP contribution is -2.14. The van der Waals surface area contributed by atoms with Crippen LogP contribution in [0, 0.1) is 6.92 Å². The number of nitrogens with zero attached hydrogens (tertiary/aromatic N) is 2. The maximum Gasteiger partial charge on any atom is 0.258 e. The Hall–Kier alpha value is -3.48. The largest absolute Gasteiger partial charge is 0.291 e. The fourth-order valence-electron chi connectivity index (χ4n) is 2.10. The molecule has 1 aromatic heterocycles. The van der Waals surface area contributed by atoms with Crippen LogP contribution in [0.4, 0.5) is 11.9 Å². The summed E-state index contributed by atoms with van der Waals surface area (Å²) < 4.78 is 0. The lowest BCUT2D eigenvalue weighted by molar-refractivity contribution is 0.101. The highest BCUT2D eigenvalue weighted by Gasteiger charge is 2.12. The molecule has 3 rings (SSSR count). The number of carbonyl (C=O) groups excluding carboxylic acids is 2. The number of benzene rings is 2. The maximum atomic E-state index is 12.1. The van der Waals surface area contributed by atoms with Crippen LogP contribution in [0.15, 0.2) is 54.6 Å². The molecule has 2 aromatic carbocycles. The van der Waals surface area contributed by atoms with Crippen molar-refractivity contribution < 1.29 is 9.59 Å². The second-order valence-electron chi connectivity index (χ2n) is 5.15. The summed E-state index contributed by atoms with van der Waals surface area (Å²) in [6, 6.07) is 15.9. The smallest absolute Gasteiger partial charge is 0.258 e. The van der Waals surface area contributed by atoms with Crippen LogP contribution in [0.2, 0.25) is 0 Å². The van der Waals surface area contributed by atoms with Gasteiger partial charge in [-0.25, -0.2) is 5.10 Å². The van der Waals surface area contributed by atoms with E-state index < -0.39 is 0 Å². The third-order valence-electron chi connectivity index (χ3n) is 3.26. The summed E-state index contributed by atoms with van der Waals surface area (Å²) in [5.74, 6) is -0.393. The Labute approximate surface area is 138 Å². The van der Waals surface area contributed by atoms with Crippen molar-refractivity contribution in [1.29, 1.82) is 0 Å². The molecule has 120 valence electrons. The third-order valence-corrected chi connectivity index (χ3v) is 3.26. The maximum absolute atomic E-state index is 12.1. The van der Waals surface area contributed by atoms with Crippen LogP contribution < -0.4 is 10.6 Å². The summed E-state index contributed by atoms with van der Waals surface area (Å²) in [7, 11) is 0. The second kappa shape index (κ2) is 6.74. The summed E-state index contributed by atoms with van der Waals surface area (Å²) in [4.78, 5) is 28.2. The van der Waals surface area contributed by atoms with Gasteiger partial charge in [-0.05, 0) is 31.2 Å². The topological polar surface area (TPSA) is 99.8 Å². The molecule has 0 spiro atoms. The van der Waals surface area contributed by atoms with Crippen LogP contribution >= 0.6 is 0 Å². The van der Waals surface area contributed by atoms with Crippen LogP contribution in [0.25, 0.3) is 0 Å². The van der Waals surface area contributed by atoms with Gasteiger partial charge in [0.15, 0.2) is 0 Å². The van der Waals surface area contributed by atoms with Gasteiger partial charge in [0.1, 0.15) is 0 Å². The molecule has 0 saturated carbocycles. The summed E-state index contributed by atoms with van der Waals surface area (Å²) in [6.07, 6.45) is 0. The number of hydrogen-bond donors (Lipinski definition) is 3. The van der Waals surface area contributed by atoms with Crippen molar-refractivity contribution in [3.05, 3.63) is 71.3 Å². The van der Waals surface area contributed by atoms with Gasteiger partial charge >= 0.3 is 0 Å². The lowest BCUT2D eigenvalue weighted by Gasteiger charge is -2.02. The van der Waals surface area contributed by atoms with Crippen molar-refractivity contribution in [2.45, 2.75) is 6.92 Å². The van der Waals surface area contributed by atoms with Gasteiger partial charge in [-0.15, -0.1) is 5.10 Å². The molecule has 0 aliphatic heterocycles. The molecule has 0 saturated heterocycles. The number of H-pyrrole nitrogens is 1. The zero-order chi connectivity index (χ0) is 16.9. The lowest BCUT2D eigenvalue weighted by atomic mass is 10.1. The first-order chi connectivity index (χ1) is 11.6. The number of anilines is 2. The Morgan fingerprint density at radius 3 is 2.38 bits per heavy atom. The molecule has 0 fully saturated rings. The molecule has 0 bridgehead atoms. The SMILES string of the molecule is Cc1cccc(C(=O)Nc2n[nH]c(NC(=O)c3ccccc3)n2)c1. The Bertz CT molecular complexity index is 873. The van der Waals surface area contributed by atoms with E-state index in [-0.39, 0.29) is 23.7 Å². The summed E-state index contributed by atoms with van der Waals surface area (Å²) >= 11 is 0. The molecule has 0 unspecified atom stereocenters. The third kappa shape index (κ3) is 3.64. The van der Waals surface area contributed by atoms with E-state index in [1.807, 2.05) is 19.1 Å². The molecule has 3 aromatic rings. The van der Waals surface area contributed by atoms with Crippen LogP contribution in [0.5, 0.6) is 0 Å². The van der Waals surface area contributed by atoms with Crippen LogP contribution in [-0.4, -0.2) is 27.0 Å². The highest BCUT2D eigenvalue weighted by Crippen LogP contribution is 2.09. The van der Waals surface area contributed by atoms with E-state index in [1.54, 1.807) is 42.5 Å². The molecule has 0 aliphatic rings.